The molecule has 1 aliphatic rings. The van der Waals surface area contributed by atoms with E-state index in [-0.39, 0.29) is 24.6 Å². The number of likely N-dealkylation sites (tertiary alicyclic amines) is 1. The minimum Gasteiger partial charge on any atom is -0.443 e. The molecule has 0 spiro atoms. The van der Waals surface area contributed by atoms with E-state index in [2.05, 4.69) is 10.6 Å². The molecule has 1 saturated heterocycles. The number of nitrogens with one attached hydrogen (secondary N) is 2. The molecule has 3 N–H and O–H groups in total. The Balaban J connectivity index is 1.53. The number of aliphatic hydroxyl groups excluding tert-OH is 1. The van der Waals surface area contributed by atoms with Crippen molar-refractivity contribution in [3.63, 3.8) is 0 Å². The first-order valence-electron chi connectivity index (χ1n) is 14.8. The second kappa shape index (κ2) is 14.6. The van der Waals surface area contributed by atoms with E-state index in [1.807, 2.05) is 0 Å². The molecule has 45 heavy (non-hydrogen) atoms. The Bertz CT molecular complexity index is 1620. The van der Waals surface area contributed by atoms with Crippen LogP contribution in [0.25, 0.3) is 10.9 Å². The summed E-state index contributed by atoms with van der Waals surface area (Å²) < 4.78 is 27.0. The van der Waals surface area contributed by atoms with Crippen molar-refractivity contribution in [3.05, 3.63) is 76.6 Å². The van der Waals surface area contributed by atoms with Crippen LogP contribution in [0.1, 0.15) is 52.1 Å². The normalized spacial score (nSPS) is 15.0. The third kappa shape index (κ3) is 8.87. The quantitative estimate of drug-likeness (QED) is 0.217. The molecule has 0 aliphatic carbocycles. The summed E-state index contributed by atoms with van der Waals surface area (Å²) in [5.74, 6) is -1.16. The monoisotopic (exact) mass is 625 g/mol. The average Bonchev–Trinajstić information content (AvgIpc) is 3.63. The summed E-state index contributed by atoms with van der Waals surface area (Å²) in [6.45, 7) is 6.55. The SMILES string of the molecule is COC(O)N[C@@H](CC/C=C/C(=O)N1CCCC1)C(=O)Nc1cccn(Cc2cc3cc(F)ccc3n2C(=O)OC(C)(C)C)c1=O. The second-order valence-corrected chi connectivity index (χ2v) is 11.8. The molecular formula is C32H40FN5O7. The lowest BCUT2D eigenvalue weighted by atomic mass is 10.1. The van der Waals surface area contributed by atoms with E-state index in [1.54, 1.807) is 43.9 Å². The molecule has 13 heteroatoms. The summed E-state index contributed by atoms with van der Waals surface area (Å²) in [7, 11) is 1.27. The minimum atomic E-state index is -1.44. The van der Waals surface area contributed by atoms with Gasteiger partial charge in [0.05, 0.1) is 18.1 Å². The zero-order valence-corrected chi connectivity index (χ0v) is 25.9. The average molecular weight is 626 g/mol. The third-order valence-electron chi connectivity index (χ3n) is 7.21. The number of fused-ring (bicyclic) bond motifs is 1. The van der Waals surface area contributed by atoms with Gasteiger partial charge in [0.2, 0.25) is 18.2 Å². The van der Waals surface area contributed by atoms with E-state index in [4.69, 9.17) is 9.47 Å². The largest absolute Gasteiger partial charge is 0.443 e. The maximum atomic E-state index is 14.0. The molecule has 2 atom stereocenters. The summed E-state index contributed by atoms with van der Waals surface area (Å²) in [6.07, 6.45) is 5.04. The number of nitrogens with zero attached hydrogens (tertiary/aromatic N) is 3. The predicted molar refractivity (Wildman–Crippen MR) is 166 cm³/mol. The Labute approximate surface area is 260 Å². The number of hydrogen-bond donors (Lipinski definition) is 3. The number of amides is 2. The lowest BCUT2D eigenvalue weighted by molar-refractivity contribution is -0.129. The number of carbonyl (C=O) groups excluding carboxylic acids is 3. The summed E-state index contributed by atoms with van der Waals surface area (Å²) in [5, 5.41) is 15.7. The van der Waals surface area contributed by atoms with E-state index < -0.39 is 41.4 Å². The van der Waals surface area contributed by atoms with E-state index in [1.165, 1.54) is 52.8 Å². The van der Waals surface area contributed by atoms with Gasteiger partial charge in [-0.25, -0.2) is 13.8 Å². The fourth-order valence-electron chi connectivity index (χ4n) is 5.05. The summed E-state index contributed by atoms with van der Waals surface area (Å²) in [4.78, 5) is 53.9. The molecule has 12 nitrogen and oxygen atoms in total. The molecule has 1 fully saturated rings. The van der Waals surface area contributed by atoms with Crippen molar-refractivity contribution in [2.75, 3.05) is 25.5 Å². The molecule has 4 rings (SSSR count). The smallest absolute Gasteiger partial charge is 0.419 e. The fourth-order valence-corrected chi connectivity index (χ4v) is 5.05. The lowest BCUT2D eigenvalue weighted by Crippen LogP contribution is -2.47. The van der Waals surface area contributed by atoms with Crippen molar-refractivity contribution < 1.29 is 33.4 Å². The molecule has 1 aromatic carbocycles. The number of halogens is 1. The van der Waals surface area contributed by atoms with Crippen LogP contribution in [0.2, 0.25) is 0 Å². The minimum absolute atomic E-state index is 0.0352. The number of pyridine rings is 1. The van der Waals surface area contributed by atoms with Crippen molar-refractivity contribution in [3.8, 4) is 0 Å². The number of ether oxygens (including phenoxy) is 2. The van der Waals surface area contributed by atoms with Crippen LogP contribution in [-0.2, 0) is 25.6 Å². The van der Waals surface area contributed by atoms with Gasteiger partial charge in [0.25, 0.3) is 5.56 Å². The number of benzene rings is 1. The number of anilines is 1. The lowest BCUT2D eigenvalue weighted by Gasteiger charge is -2.21. The van der Waals surface area contributed by atoms with Gasteiger partial charge in [-0.3, -0.25) is 19.7 Å². The molecule has 1 aliphatic heterocycles. The molecule has 3 aromatic rings. The molecule has 0 radical (unpaired) electrons. The molecule has 2 amide bonds. The number of allylic oxidation sites excluding steroid dienone is 1. The first-order chi connectivity index (χ1) is 21.4. The molecule has 0 bridgehead atoms. The van der Waals surface area contributed by atoms with Crippen molar-refractivity contribution in [1.29, 1.82) is 0 Å². The summed E-state index contributed by atoms with van der Waals surface area (Å²) in [6, 6.07) is 7.64. The maximum absolute atomic E-state index is 14.0. The zero-order chi connectivity index (χ0) is 32.7. The summed E-state index contributed by atoms with van der Waals surface area (Å²) >= 11 is 0. The van der Waals surface area contributed by atoms with Gasteiger partial charge in [-0.1, -0.05) is 6.08 Å². The molecule has 2 aromatic heterocycles. The first kappa shape index (κ1) is 33.6. The Morgan fingerprint density at radius 1 is 1.13 bits per heavy atom. The van der Waals surface area contributed by atoms with Crippen molar-refractivity contribution in [2.24, 2.45) is 0 Å². The molecular weight excluding hydrogens is 585 g/mol. The maximum Gasteiger partial charge on any atom is 0.419 e. The van der Waals surface area contributed by atoms with Gasteiger partial charge >= 0.3 is 6.09 Å². The van der Waals surface area contributed by atoms with E-state index in [0.29, 0.717) is 23.0 Å². The van der Waals surface area contributed by atoms with Gasteiger partial charge in [0.1, 0.15) is 17.1 Å². The zero-order valence-electron chi connectivity index (χ0n) is 25.9. The number of aliphatic hydroxyl groups is 1. The predicted octanol–water partition coefficient (Wildman–Crippen LogP) is 3.55. The number of carbonyl (C=O) groups is 3. The number of methoxy groups -OCH3 is 1. The Morgan fingerprint density at radius 2 is 1.87 bits per heavy atom. The molecule has 242 valence electrons. The molecule has 0 saturated carbocycles. The van der Waals surface area contributed by atoms with Crippen LogP contribution < -0.4 is 16.2 Å². The van der Waals surface area contributed by atoms with E-state index in [0.717, 1.165) is 25.9 Å². The number of aromatic nitrogens is 2. The van der Waals surface area contributed by atoms with Crippen molar-refractivity contribution >= 4 is 34.5 Å². The van der Waals surface area contributed by atoms with Crippen molar-refractivity contribution in [1.82, 2.24) is 19.4 Å². The van der Waals surface area contributed by atoms with Crippen LogP contribution in [0, 0.1) is 5.82 Å². The van der Waals surface area contributed by atoms with Gasteiger partial charge in [-0.2, -0.15) is 0 Å². The molecule has 1 unspecified atom stereocenters. The fraction of sp³-hybridized carbons (Fsp3) is 0.438. The number of rotatable bonds is 11. The first-order valence-corrected chi connectivity index (χ1v) is 14.8. The molecule has 3 heterocycles. The van der Waals surface area contributed by atoms with Gasteiger partial charge in [-0.05, 0) is 88.9 Å². The van der Waals surface area contributed by atoms with Crippen LogP contribution in [0.3, 0.4) is 0 Å². The van der Waals surface area contributed by atoms with Gasteiger partial charge < -0.3 is 29.4 Å². The van der Waals surface area contributed by atoms with Crippen LogP contribution in [0.15, 0.2) is 59.5 Å². The van der Waals surface area contributed by atoms with Gasteiger partial charge in [-0.15, -0.1) is 0 Å². The standard InChI is InChI=1S/C32H40FN5O7/c1-32(2,3)45-31(43)38-23(19-21-18-22(33)13-14-26(21)38)20-37-17-9-11-25(29(37)41)34-28(40)24(35-30(42)44-4)10-5-6-12-27(39)36-15-7-8-16-36/h6,9,11-14,17-19,24,30,35,42H,5,7-8,10,15-16,20H2,1-4H3,(H,34,40)/b12-6+/t24-,30?/m0/s1. The summed E-state index contributed by atoms with van der Waals surface area (Å²) in [5.41, 5.74) is -0.605. The Morgan fingerprint density at radius 3 is 2.56 bits per heavy atom. The Kier molecular flexibility index (Phi) is 10.9. The van der Waals surface area contributed by atoms with Gasteiger partial charge in [0, 0.05) is 37.5 Å². The topological polar surface area (TPSA) is 144 Å². The van der Waals surface area contributed by atoms with Crippen LogP contribution in [0.5, 0.6) is 0 Å². The van der Waals surface area contributed by atoms with Crippen LogP contribution >= 0.6 is 0 Å². The highest BCUT2D eigenvalue weighted by atomic mass is 19.1. The van der Waals surface area contributed by atoms with Crippen LogP contribution in [0.4, 0.5) is 14.9 Å². The highest BCUT2D eigenvalue weighted by Crippen LogP contribution is 2.24. The van der Waals surface area contributed by atoms with Crippen molar-refractivity contribution in [2.45, 2.75) is 71.1 Å². The Hall–Kier alpha value is -4.33. The van der Waals surface area contributed by atoms with Gasteiger partial charge in [0.15, 0.2) is 0 Å². The third-order valence-corrected chi connectivity index (χ3v) is 7.21. The van der Waals surface area contributed by atoms with Crippen LogP contribution in [-0.4, -0.2) is 75.3 Å². The van der Waals surface area contributed by atoms with E-state index in [9.17, 15) is 28.7 Å². The van der Waals surface area contributed by atoms with E-state index >= 15 is 0 Å². The highest BCUT2D eigenvalue weighted by Gasteiger charge is 2.24. The highest BCUT2D eigenvalue weighted by molar-refractivity contribution is 5.95. The number of hydrogen-bond acceptors (Lipinski definition) is 8. The second-order valence-electron chi connectivity index (χ2n) is 11.8.